The summed E-state index contributed by atoms with van der Waals surface area (Å²) >= 11 is 6.05. The van der Waals surface area contributed by atoms with Crippen molar-refractivity contribution in [2.75, 3.05) is 19.5 Å². The van der Waals surface area contributed by atoms with Crippen LogP contribution in [0, 0.1) is 0 Å². The summed E-state index contributed by atoms with van der Waals surface area (Å²) in [5, 5.41) is 5.34. The van der Waals surface area contributed by atoms with Crippen LogP contribution in [-0.4, -0.2) is 25.4 Å². The van der Waals surface area contributed by atoms with Crippen LogP contribution in [0.5, 0.6) is 11.5 Å². The lowest BCUT2D eigenvalue weighted by Crippen LogP contribution is -2.42. The van der Waals surface area contributed by atoms with Crippen LogP contribution in [0.2, 0.25) is 5.02 Å². The molecular formula is C17H15ClN3O5+. The average molecular weight is 377 g/mol. The van der Waals surface area contributed by atoms with E-state index in [1.54, 1.807) is 43.5 Å². The Morgan fingerprint density at radius 1 is 1.15 bits per heavy atom. The van der Waals surface area contributed by atoms with Crippen LogP contribution >= 0.6 is 11.6 Å². The molecule has 9 heteroatoms. The van der Waals surface area contributed by atoms with E-state index >= 15 is 0 Å². The molecule has 0 fully saturated rings. The Bertz CT molecular complexity index is 994. The molecule has 0 bridgehead atoms. The van der Waals surface area contributed by atoms with Gasteiger partial charge in [0.25, 0.3) is 0 Å². The molecule has 0 atom stereocenters. The van der Waals surface area contributed by atoms with Gasteiger partial charge >= 0.3 is 17.2 Å². The van der Waals surface area contributed by atoms with Crippen molar-refractivity contribution in [1.29, 1.82) is 0 Å². The minimum Gasteiger partial charge on any atom is -0.497 e. The number of rotatable bonds is 5. The van der Waals surface area contributed by atoms with Gasteiger partial charge in [-0.25, -0.2) is 4.79 Å². The fourth-order valence-electron chi connectivity index (χ4n) is 2.31. The van der Waals surface area contributed by atoms with E-state index in [9.17, 15) is 9.59 Å². The number of benzene rings is 2. The Hall–Kier alpha value is -3.26. The quantitative estimate of drug-likeness (QED) is 0.665. The molecule has 0 unspecified atom stereocenters. The second kappa shape index (κ2) is 7.32. The van der Waals surface area contributed by atoms with Crippen molar-refractivity contribution in [2.45, 2.75) is 0 Å². The van der Waals surface area contributed by atoms with Crippen LogP contribution in [0.1, 0.15) is 10.5 Å². The number of carbonyl (C=O) groups is 1. The number of aromatic amines is 1. The molecule has 134 valence electrons. The standard InChI is InChI=1S/C17H14ClN3O5/c1-24-12-6-4-11(5-7-12)21-15(17(23)26-20-21)16(22)19-10-3-8-14(25-2)13(18)9-10/h3-9H,1-2H3,(H-,19,20,22,23)/p+1. The van der Waals surface area contributed by atoms with Gasteiger partial charge in [-0.15, -0.1) is 0 Å². The molecule has 1 aromatic heterocycles. The number of methoxy groups -OCH3 is 2. The van der Waals surface area contributed by atoms with Crippen molar-refractivity contribution >= 4 is 23.2 Å². The first-order chi connectivity index (χ1) is 12.5. The third-order valence-electron chi connectivity index (χ3n) is 3.60. The normalized spacial score (nSPS) is 10.4. The Morgan fingerprint density at radius 3 is 2.50 bits per heavy atom. The number of amides is 1. The van der Waals surface area contributed by atoms with Gasteiger partial charge in [-0.05, 0) is 40.3 Å². The van der Waals surface area contributed by atoms with E-state index in [1.165, 1.54) is 17.9 Å². The van der Waals surface area contributed by atoms with Crippen molar-refractivity contribution < 1.29 is 23.5 Å². The van der Waals surface area contributed by atoms with Gasteiger partial charge in [-0.3, -0.25) is 9.32 Å². The fraction of sp³-hybridized carbons (Fsp3) is 0.118. The molecule has 2 N–H and O–H groups in total. The maximum absolute atomic E-state index is 12.6. The highest BCUT2D eigenvalue weighted by molar-refractivity contribution is 6.32. The van der Waals surface area contributed by atoms with Gasteiger partial charge in [0, 0.05) is 17.8 Å². The predicted molar refractivity (Wildman–Crippen MR) is 93.4 cm³/mol. The Labute approximate surface area is 152 Å². The van der Waals surface area contributed by atoms with Crippen LogP contribution in [0.25, 0.3) is 5.69 Å². The first kappa shape index (κ1) is 17.6. The summed E-state index contributed by atoms with van der Waals surface area (Å²) in [6, 6.07) is 11.5. The van der Waals surface area contributed by atoms with Gasteiger partial charge in [0.05, 0.1) is 19.2 Å². The molecule has 0 saturated carbocycles. The third kappa shape index (κ3) is 3.40. The fourth-order valence-corrected chi connectivity index (χ4v) is 2.57. The highest BCUT2D eigenvalue weighted by atomic mass is 35.5. The molecule has 0 saturated heterocycles. The zero-order valence-electron chi connectivity index (χ0n) is 13.9. The molecule has 0 aliphatic heterocycles. The topological polar surface area (TPSA) is 97.4 Å². The van der Waals surface area contributed by atoms with Gasteiger partial charge in [0.1, 0.15) is 11.5 Å². The largest absolute Gasteiger partial charge is 0.497 e. The number of nitrogens with one attached hydrogen (secondary N) is 2. The Morgan fingerprint density at radius 2 is 1.88 bits per heavy atom. The lowest BCUT2D eigenvalue weighted by atomic mass is 10.2. The second-order valence-electron chi connectivity index (χ2n) is 5.17. The van der Waals surface area contributed by atoms with Crippen LogP contribution in [0.4, 0.5) is 5.69 Å². The molecule has 0 aliphatic rings. The van der Waals surface area contributed by atoms with Gasteiger partial charge in [0.2, 0.25) is 5.69 Å². The zero-order valence-corrected chi connectivity index (χ0v) is 14.7. The molecular weight excluding hydrogens is 362 g/mol. The molecule has 1 heterocycles. The van der Waals surface area contributed by atoms with E-state index in [0.717, 1.165) is 0 Å². The minimum absolute atomic E-state index is 0.220. The van der Waals surface area contributed by atoms with E-state index in [2.05, 4.69) is 10.6 Å². The van der Waals surface area contributed by atoms with Crippen LogP contribution in [0.3, 0.4) is 0 Å². The number of aromatic nitrogens is 2. The van der Waals surface area contributed by atoms with E-state index in [0.29, 0.717) is 27.9 Å². The molecule has 0 aliphatic carbocycles. The summed E-state index contributed by atoms with van der Waals surface area (Å²) in [5.74, 6) is 0.454. The van der Waals surface area contributed by atoms with Crippen LogP contribution in [0.15, 0.2) is 51.8 Å². The second-order valence-corrected chi connectivity index (χ2v) is 5.57. The maximum Gasteiger partial charge on any atom is 0.441 e. The molecule has 1 amide bonds. The number of ether oxygens (including phenoxy) is 2. The van der Waals surface area contributed by atoms with Crippen molar-refractivity contribution in [2.24, 2.45) is 0 Å². The smallest absolute Gasteiger partial charge is 0.441 e. The Balaban J connectivity index is 1.91. The number of anilines is 1. The van der Waals surface area contributed by atoms with Crippen LogP contribution in [-0.2, 0) is 0 Å². The number of hydrogen-bond acceptors (Lipinski definition) is 5. The molecule has 3 rings (SSSR count). The maximum atomic E-state index is 12.6. The van der Waals surface area contributed by atoms with Crippen molar-refractivity contribution in [3.05, 3.63) is 63.6 Å². The summed E-state index contributed by atoms with van der Waals surface area (Å²) in [6.07, 6.45) is 0. The summed E-state index contributed by atoms with van der Waals surface area (Å²) < 4.78 is 16.2. The zero-order chi connectivity index (χ0) is 18.7. The number of halogens is 1. The number of carbonyl (C=O) groups excluding carboxylic acids is 1. The van der Waals surface area contributed by atoms with Gasteiger partial charge in [0.15, 0.2) is 0 Å². The number of H-pyrrole nitrogens is 1. The SMILES string of the molecule is COc1ccc(-[n+]2[nH]oc(=O)c2C(=O)Nc2ccc(OC)c(Cl)c2)cc1. The van der Waals surface area contributed by atoms with Gasteiger partial charge < -0.3 is 14.8 Å². The van der Waals surface area contributed by atoms with Gasteiger partial charge in [-0.1, -0.05) is 11.6 Å². The third-order valence-corrected chi connectivity index (χ3v) is 3.90. The van der Waals surface area contributed by atoms with E-state index in [4.69, 9.17) is 25.6 Å². The highest BCUT2D eigenvalue weighted by Gasteiger charge is 2.31. The lowest BCUT2D eigenvalue weighted by molar-refractivity contribution is -0.672. The van der Waals surface area contributed by atoms with Crippen molar-refractivity contribution in [3.63, 3.8) is 0 Å². The van der Waals surface area contributed by atoms with Crippen molar-refractivity contribution in [1.82, 2.24) is 5.27 Å². The van der Waals surface area contributed by atoms with Gasteiger partial charge in [-0.2, -0.15) is 0 Å². The van der Waals surface area contributed by atoms with Crippen LogP contribution < -0.4 is 25.1 Å². The minimum atomic E-state index is -0.807. The van der Waals surface area contributed by atoms with E-state index in [1.807, 2.05) is 0 Å². The molecule has 26 heavy (non-hydrogen) atoms. The predicted octanol–water partition coefficient (Wildman–Crippen LogP) is 2.17. The highest BCUT2D eigenvalue weighted by Crippen LogP contribution is 2.27. The average Bonchev–Trinajstić information content (AvgIpc) is 3.03. The van der Waals surface area contributed by atoms with E-state index in [-0.39, 0.29) is 5.69 Å². The monoisotopic (exact) mass is 376 g/mol. The Kier molecular flexibility index (Phi) is 4.94. The molecule has 0 radical (unpaired) electrons. The summed E-state index contributed by atoms with van der Waals surface area (Å²) in [5.41, 5.74) is -0.0997. The molecule has 0 spiro atoms. The van der Waals surface area contributed by atoms with E-state index < -0.39 is 11.5 Å². The first-order valence-corrected chi connectivity index (χ1v) is 7.84. The summed E-state index contributed by atoms with van der Waals surface area (Å²) in [7, 11) is 3.03. The number of nitrogens with zero attached hydrogens (tertiary/aromatic N) is 1. The number of hydrogen-bond donors (Lipinski definition) is 2. The van der Waals surface area contributed by atoms with Crippen molar-refractivity contribution in [3.8, 4) is 17.2 Å². The molecule has 8 nitrogen and oxygen atoms in total. The lowest BCUT2D eigenvalue weighted by Gasteiger charge is -2.06. The first-order valence-electron chi connectivity index (χ1n) is 7.46. The summed E-state index contributed by atoms with van der Waals surface area (Å²) in [4.78, 5) is 24.6. The summed E-state index contributed by atoms with van der Waals surface area (Å²) in [6.45, 7) is 0. The molecule has 3 aromatic rings. The molecule has 2 aromatic carbocycles.